The van der Waals surface area contributed by atoms with E-state index < -0.39 is 0 Å². The zero-order chi connectivity index (χ0) is 13.0. The third-order valence-corrected chi connectivity index (χ3v) is 3.19. The molecule has 2 rings (SSSR count). The normalized spacial score (nSPS) is 22.5. The van der Waals surface area contributed by atoms with Crippen molar-refractivity contribution in [1.82, 2.24) is 4.98 Å². The fourth-order valence-corrected chi connectivity index (χ4v) is 2.41. The Balaban J connectivity index is 1.98. The van der Waals surface area contributed by atoms with E-state index in [1.54, 1.807) is 0 Å². The van der Waals surface area contributed by atoms with Crippen LogP contribution < -0.4 is 10.6 Å². The lowest BCUT2D eigenvalue weighted by atomic mass is 9.94. The van der Waals surface area contributed by atoms with Crippen molar-refractivity contribution in [2.75, 3.05) is 23.8 Å². The Morgan fingerprint density at radius 3 is 2.89 bits per heavy atom. The predicted molar refractivity (Wildman–Crippen MR) is 75.1 cm³/mol. The van der Waals surface area contributed by atoms with E-state index in [-0.39, 0.29) is 5.60 Å². The van der Waals surface area contributed by atoms with E-state index in [1.807, 2.05) is 12.4 Å². The first kappa shape index (κ1) is 13.1. The summed E-state index contributed by atoms with van der Waals surface area (Å²) in [4.78, 5) is 4.25. The van der Waals surface area contributed by atoms with E-state index in [2.05, 4.69) is 42.5 Å². The minimum absolute atomic E-state index is 0.0252. The Hall–Kier alpha value is -1.29. The Morgan fingerprint density at radius 1 is 1.39 bits per heavy atom. The maximum atomic E-state index is 5.73. The molecular weight excluding hydrogens is 226 g/mol. The van der Waals surface area contributed by atoms with Crippen molar-refractivity contribution in [3.05, 3.63) is 18.5 Å². The van der Waals surface area contributed by atoms with Gasteiger partial charge in [-0.25, -0.2) is 0 Å². The lowest BCUT2D eigenvalue weighted by Crippen LogP contribution is -2.40. The van der Waals surface area contributed by atoms with Crippen molar-refractivity contribution in [2.45, 2.75) is 45.3 Å². The van der Waals surface area contributed by atoms with Gasteiger partial charge in [0.15, 0.2) is 0 Å². The number of anilines is 2. The standard InChI is InChI=1S/C14H23N3O/c1-4-16-12-7-13(10-15-9-12)17-11-5-6-18-14(2,3)8-11/h7,9-11,16-17H,4-6,8H2,1-3H3. The van der Waals surface area contributed by atoms with Crippen molar-refractivity contribution >= 4 is 11.4 Å². The summed E-state index contributed by atoms with van der Waals surface area (Å²) in [6, 6.07) is 2.58. The van der Waals surface area contributed by atoms with Crippen LogP contribution >= 0.6 is 0 Å². The molecule has 1 aromatic rings. The zero-order valence-electron chi connectivity index (χ0n) is 11.5. The molecule has 1 aromatic heterocycles. The number of aromatic nitrogens is 1. The molecule has 2 N–H and O–H groups in total. The van der Waals surface area contributed by atoms with E-state index >= 15 is 0 Å². The van der Waals surface area contributed by atoms with E-state index in [0.717, 1.165) is 37.4 Å². The molecule has 1 aliphatic heterocycles. The Kier molecular flexibility index (Phi) is 4.07. The second-order valence-corrected chi connectivity index (χ2v) is 5.43. The summed E-state index contributed by atoms with van der Waals surface area (Å²) >= 11 is 0. The molecule has 1 unspecified atom stereocenters. The molecule has 0 amide bonds. The monoisotopic (exact) mass is 249 g/mol. The highest BCUT2D eigenvalue weighted by molar-refractivity contribution is 5.54. The summed E-state index contributed by atoms with van der Waals surface area (Å²) in [5, 5.41) is 6.83. The largest absolute Gasteiger partial charge is 0.384 e. The highest BCUT2D eigenvalue weighted by atomic mass is 16.5. The van der Waals surface area contributed by atoms with Gasteiger partial charge in [0.25, 0.3) is 0 Å². The first-order valence-corrected chi connectivity index (χ1v) is 6.68. The SMILES string of the molecule is CCNc1cncc(NC2CCOC(C)(C)C2)c1. The minimum atomic E-state index is -0.0252. The highest BCUT2D eigenvalue weighted by Crippen LogP contribution is 2.26. The summed E-state index contributed by atoms with van der Waals surface area (Å²) in [6.07, 6.45) is 5.80. The summed E-state index contributed by atoms with van der Waals surface area (Å²) in [5.74, 6) is 0. The molecule has 0 aliphatic carbocycles. The first-order valence-electron chi connectivity index (χ1n) is 6.68. The second-order valence-electron chi connectivity index (χ2n) is 5.43. The average Bonchev–Trinajstić information content (AvgIpc) is 2.28. The average molecular weight is 249 g/mol. The summed E-state index contributed by atoms with van der Waals surface area (Å²) < 4.78 is 5.73. The van der Waals surface area contributed by atoms with E-state index in [9.17, 15) is 0 Å². The molecule has 1 fully saturated rings. The molecule has 2 heterocycles. The van der Waals surface area contributed by atoms with Crippen LogP contribution in [0, 0.1) is 0 Å². The number of hydrogen-bond donors (Lipinski definition) is 2. The van der Waals surface area contributed by atoms with Gasteiger partial charge in [0.2, 0.25) is 0 Å². The van der Waals surface area contributed by atoms with Gasteiger partial charge in [0, 0.05) is 19.2 Å². The van der Waals surface area contributed by atoms with Gasteiger partial charge in [-0.2, -0.15) is 0 Å². The molecule has 100 valence electrons. The fraction of sp³-hybridized carbons (Fsp3) is 0.643. The molecular formula is C14H23N3O. The van der Waals surface area contributed by atoms with Gasteiger partial charge in [0.1, 0.15) is 0 Å². The number of nitrogens with zero attached hydrogens (tertiary/aromatic N) is 1. The van der Waals surface area contributed by atoms with Gasteiger partial charge < -0.3 is 15.4 Å². The van der Waals surface area contributed by atoms with Gasteiger partial charge in [-0.3, -0.25) is 4.98 Å². The fourth-order valence-electron chi connectivity index (χ4n) is 2.41. The van der Waals surface area contributed by atoms with Crippen molar-refractivity contribution in [2.24, 2.45) is 0 Å². The number of rotatable bonds is 4. The molecule has 1 atom stereocenters. The van der Waals surface area contributed by atoms with Crippen LogP contribution in [0.3, 0.4) is 0 Å². The van der Waals surface area contributed by atoms with Gasteiger partial charge in [0.05, 0.1) is 29.4 Å². The van der Waals surface area contributed by atoms with Crippen LogP contribution in [0.2, 0.25) is 0 Å². The van der Waals surface area contributed by atoms with Crippen molar-refractivity contribution < 1.29 is 4.74 Å². The van der Waals surface area contributed by atoms with E-state index in [1.165, 1.54) is 0 Å². The molecule has 1 aliphatic rings. The number of hydrogen-bond acceptors (Lipinski definition) is 4. The number of pyridine rings is 1. The topological polar surface area (TPSA) is 46.2 Å². The number of ether oxygens (including phenoxy) is 1. The predicted octanol–water partition coefficient (Wildman–Crippen LogP) is 2.88. The Morgan fingerprint density at radius 2 is 2.17 bits per heavy atom. The summed E-state index contributed by atoms with van der Waals surface area (Å²) in [6.45, 7) is 8.11. The minimum Gasteiger partial charge on any atom is -0.384 e. The Labute approximate surface area is 109 Å². The van der Waals surface area contributed by atoms with E-state index in [4.69, 9.17) is 4.74 Å². The van der Waals surface area contributed by atoms with Crippen LogP contribution in [0.1, 0.15) is 33.6 Å². The highest BCUT2D eigenvalue weighted by Gasteiger charge is 2.28. The summed E-state index contributed by atoms with van der Waals surface area (Å²) in [7, 11) is 0. The lowest BCUT2D eigenvalue weighted by molar-refractivity contribution is -0.0553. The zero-order valence-corrected chi connectivity index (χ0v) is 11.5. The molecule has 0 aromatic carbocycles. The second kappa shape index (κ2) is 5.57. The van der Waals surface area contributed by atoms with Crippen LogP contribution in [0.5, 0.6) is 0 Å². The van der Waals surface area contributed by atoms with Gasteiger partial charge in [-0.05, 0) is 39.7 Å². The third-order valence-electron chi connectivity index (χ3n) is 3.19. The quantitative estimate of drug-likeness (QED) is 0.861. The molecule has 0 spiro atoms. The van der Waals surface area contributed by atoms with Crippen LogP contribution in [-0.4, -0.2) is 29.8 Å². The maximum absolute atomic E-state index is 5.73. The van der Waals surface area contributed by atoms with Crippen LogP contribution in [-0.2, 0) is 4.74 Å². The van der Waals surface area contributed by atoms with Gasteiger partial charge in [-0.15, -0.1) is 0 Å². The van der Waals surface area contributed by atoms with Crippen LogP contribution in [0.25, 0.3) is 0 Å². The summed E-state index contributed by atoms with van der Waals surface area (Å²) in [5.41, 5.74) is 2.12. The molecule has 4 nitrogen and oxygen atoms in total. The van der Waals surface area contributed by atoms with Crippen molar-refractivity contribution in [1.29, 1.82) is 0 Å². The third kappa shape index (κ3) is 3.60. The molecule has 0 radical (unpaired) electrons. The lowest BCUT2D eigenvalue weighted by Gasteiger charge is -2.36. The van der Waals surface area contributed by atoms with Crippen LogP contribution in [0.15, 0.2) is 18.5 Å². The van der Waals surface area contributed by atoms with E-state index in [0.29, 0.717) is 6.04 Å². The maximum Gasteiger partial charge on any atom is 0.0646 e. The first-order chi connectivity index (χ1) is 8.59. The molecule has 4 heteroatoms. The van der Waals surface area contributed by atoms with Crippen LogP contribution in [0.4, 0.5) is 11.4 Å². The molecule has 0 saturated carbocycles. The van der Waals surface area contributed by atoms with Gasteiger partial charge in [-0.1, -0.05) is 0 Å². The van der Waals surface area contributed by atoms with Crippen molar-refractivity contribution in [3.8, 4) is 0 Å². The van der Waals surface area contributed by atoms with Crippen molar-refractivity contribution in [3.63, 3.8) is 0 Å². The molecule has 18 heavy (non-hydrogen) atoms. The number of nitrogens with one attached hydrogen (secondary N) is 2. The van der Waals surface area contributed by atoms with Gasteiger partial charge >= 0.3 is 0 Å². The molecule has 0 bridgehead atoms. The smallest absolute Gasteiger partial charge is 0.0646 e. The molecule has 1 saturated heterocycles. The Bertz CT molecular complexity index is 392.